The van der Waals surface area contributed by atoms with Crippen LogP contribution in [0.4, 0.5) is 17.1 Å². The number of nitro groups is 1. The number of hydrogen-bond donors (Lipinski definition) is 2. The Morgan fingerprint density at radius 1 is 1.07 bits per heavy atom. The minimum absolute atomic E-state index is 0.00674. The smallest absolute Gasteiger partial charge is 0.270 e. The second-order valence-electron chi connectivity index (χ2n) is 5.75. The number of benzene rings is 2. The molecular weight excluding hydrogens is 420 g/mol. The lowest BCUT2D eigenvalue weighted by atomic mass is 10.2. The zero-order valence-electron chi connectivity index (χ0n) is 14.6. The molecule has 0 aliphatic carbocycles. The fourth-order valence-corrected chi connectivity index (χ4v) is 3.66. The molecule has 0 aliphatic rings. The van der Waals surface area contributed by atoms with E-state index in [0.29, 0.717) is 11.4 Å². The van der Waals surface area contributed by atoms with Gasteiger partial charge in [-0.25, -0.2) is 8.42 Å². The Kier molecular flexibility index (Phi) is 5.76. The van der Waals surface area contributed by atoms with Crippen molar-refractivity contribution in [1.82, 2.24) is 4.98 Å². The molecule has 0 atom stereocenters. The number of sulfonamides is 1. The normalized spacial score (nSPS) is 10.9. The Morgan fingerprint density at radius 3 is 2.38 bits per heavy atom. The van der Waals surface area contributed by atoms with Crippen molar-refractivity contribution < 1.29 is 18.1 Å². The fourth-order valence-electron chi connectivity index (χ4n) is 2.35. The second-order valence-corrected chi connectivity index (χ2v) is 7.84. The summed E-state index contributed by atoms with van der Waals surface area (Å²) in [7, 11) is -3.82. The minimum atomic E-state index is -3.82. The number of anilines is 2. The van der Waals surface area contributed by atoms with Crippen molar-refractivity contribution in [3.8, 4) is 0 Å². The number of rotatable bonds is 6. The first-order chi connectivity index (χ1) is 13.8. The molecular formula is C18H13ClN4O5S. The lowest BCUT2D eigenvalue weighted by Crippen LogP contribution is -2.14. The minimum Gasteiger partial charge on any atom is -0.322 e. The van der Waals surface area contributed by atoms with Crippen LogP contribution >= 0.6 is 11.6 Å². The molecule has 3 rings (SSSR count). The van der Waals surface area contributed by atoms with Gasteiger partial charge in [-0.3, -0.25) is 24.6 Å². The Bertz CT molecular complexity index is 1170. The van der Waals surface area contributed by atoms with Crippen LogP contribution in [0.3, 0.4) is 0 Å². The van der Waals surface area contributed by atoms with Gasteiger partial charge in [0.05, 0.1) is 32.3 Å². The number of nitrogens with zero attached hydrogens (tertiary/aromatic N) is 2. The molecule has 9 nitrogen and oxygen atoms in total. The van der Waals surface area contributed by atoms with E-state index in [2.05, 4.69) is 15.0 Å². The number of halogens is 1. The van der Waals surface area contributed by atoms with Gasteiger partial charge in [0.15, 0.2) is 0 Å². The van der Waals surface area contributed by atoms with E-state index in [1.807, 2.05) is 0 Å². The van der Waals surface area contributed by atoms with Gasteiger partial charge >= 0.3 is 0 Å². The Morgan fingerprint density at radius 2 is 1.79 bits per heavy atom. The molecule has 11 heteroatoms. The van der Waals surface area contributed by atoms with Gasteiger partial charge in [-0.2, -0.15) is 0 Å². The Balaban J connectivity index is 1.73. The summed E-state index contributed by atoms with van der Waals surface area (Å²) in [5, 5.41) is 13.2. The van der Waals surface area contributed by atoms with Crippen molar-refractivity contribution in [3.05, 3.63) is 87.7 Å². The van der Waals surface area contributed by atoms with Crippen molar-refractivity contribution in [2.45, 2.75) is 4.90 Å². The maximum absolute atomic E-state index is 12.4. The largest absolute Gasteiger partial charge is 0.322 e. The van der Waals surface area contributed by atoms with Crippen LogP contribution in [0.25, 0.3) is 0 Å². The van der Waals surface area contributed by atoms with E-state index >= 15 is 0 Å². The highest BCUT2D eigenvalue weighted by Gasteiger charge is 2.17. The molecule has 148 valence electrons. The summed E-state index contributed by atoms with van der Waals surface area (Å²) < 4.78 is 27.2. The molecule has 3 aromatic rings. The summed E-state index contributed by atoms with van der Waals surface area (Å²) in [6.07, 6.45) is 2.90. The number of carbonyl (C=O) groups is 1. The van der Waals surface area contributed by atoms with Crippen molar-refractivity contribution in [2.75, 3.05) is 10.0 Å². The first-order valence-electron chi connectivity index (χ1n) is 8.04. The van der Waals surface area contributed by atoms with Crippen LogP contribution in [0.1, 0.15) is 10.4 Å². The molecule has 2 N–H and O–H groups in total. The van der Waals surface area contributed by atoms with E-state index in [-0.39, 0.29) is 21.2 Å². The van der Waals surface area contributed by atoms with Crippen LogP contribution in [0.2, 0.25) is 5.02 Å². The summed E-state index contributed by atoms with van der Waals surface area (Å²) >= 11 is 5.94. The third-order valence-electron chi connectivity index (χ3n) is 3.74. The maximum Gasteiger partial charge on any atom is 0.270 e. The Labute approximate surface area is 170 Å². The van der Waals surface area contributed by atoms with Gasteiger partial charge in [-0.15, -0.1) is 0 Å². The van der Waals surface area contributed by atoms with Gasteiger partial charge in [0.1, 0.15) is 0 Å². The van der Waals surface area contributed by atoms with E-state index in [0.717, 1.165) is 6.07 Å². The maximum atomic E-state index is 12.4. The second kappa shape index (κ2) is 8.25. The molecule has 0 bridgehead atoms. The highest BCUT2D eigenvalue weighted by atomic mass is 35.5. The van der Waals surface area contributed by atoms with Crippen LogP contribution in [0.15, 0.2) is 71.9 Å². The molecule has 0 aliphatic heterocycles. The lowest BCUT2D eigenvalue weighted by molar-refractivity contribution is -0.384. The highest BCUT2D eigenvalue weighted by Crippen LogP contribution is 2.24. The standard InChI is InChI=1S/C18H13ClN4O5S/c19-17-10-14(23(25)26)5-8-16(17)18(24)21-12-3-6-15(7-4-12)29(27,28)22-13-2-1-9-20-11-13/h1-11,22H,(H,21,24). The Hall–Kier alpha value is -3.50. The quantitative estimate of drug-likeness (QED) is 0.451. The van der Waals surface area contributed by atoms with E-state index in [4.69, 9.17) is 11.6 Å². The summed E-state index contributed by atoms with van der Waals surface area (Å²) in [6, 6.07) is 12.1. The molecule has 1 aromatic heterocycles. The number of aromatic nitrogens is 1. The third-order valence-corrected chi connectivity index (χ3v) is 5.45. The molecule has 0 radical (unpaired) electrons. The first kappa shape index (κ1) is 20.2. The highest BCUT2D eigenvalue weighted by molar-refractivity contribution is 7.92. The topological polar surface area (TPSA) is 131 Å². The zero-order valence-corrected chi connectivity index (χ0v) is 16.1. The van der Waals surface area contributed by atoms with Crippen molar-refractivity contribution in [1.29, 1.82) is 0 Å². The zero-order chi connectivity index (χ0) is 21.0. The van der Waals surface area contributed by atoms with E-state index in [9.17, 15) is 23.3 Å². The molecule has 1 amide bonds. The molecule has 0 fully saturated rings. The summed E-state index contributed by atoms with van der Waals surface area (Å²) in [5.74, 6) is -0.589. The van der Waals surface area contributed by atoms with Gasteiger partial charge in [-0.1, -0.05) is 11.6 Å². The number of nitro benzene ring substituents is 1. The van der Waals surface area contributed by atoms with Gasteiger partial charge < -0.3 is 5.32 Å². The van der Waals surface area contributed by atoms with Gasteiger partial charge in [-0.05, 0) is 42.5 Å². The molecule has 2 aromatic carbocycles. The predicted molar refractivity (Wildman–Crippen MR) is 108 cm³/mol. The lowest BCUT2D eigenvalue weighted by Gasteiger charge is -2.10. The van der Waals surface area contributed by atoms with Gasteiger partial charge in [0, 0.05) is 24.0 Å². The fraction of sp³-hybridized carbons (Fsp3) is 0. The van der Waals surface area contributed by atoms with E-state index in [1.54, 1.807) is 12.1 Å². The third kappa shape index (κ3) is 4.86. The number of pyridine rings is 1. The predicted octanol–water partition coefficient (Wildman–Crippen LogP) is 3.70. The van der Waals surface area contributed by atoms with Crippen LogP contribution in [0, 0.1) is 10.1 Å². The van der Waals surface area contributed by atoms with Crippen molar-refractivity contribution >= 4 is 44.6 Å². The van der Waals surface area contributed by atoms with Crippen LogP contribution < -0.4 is 10.0 Å². The summed E-state index contributed by atoms with van der Waals surface area (Å²) in [6.45, 7) is 0. The van der Waals surface area contributed by atoms with Crippen molar-refractivity contribution in [2.24, 2.45) is 0 Å². The number of carbonyl (C=O) groups excluding carboxylic acids is 1. The molecule has 1 heterocycles. The van der Waals surface area contributed by atoms with Gasteiger partial charge in [0.2, 0.25) is 0 Å². The monoisotopic (exact) mass is 432 g/mol. The molecule has 0 unspecified atom stereocenters. The van der Waals surface area contributed by atoms with Gasteiger partial charge in [0.25, 0.3) is 21.6 Å². The average molecular weight is 433 g/mol. The van der Waals surface area contributed by atoms with Crippen molar-refractivity contribution in [3.63, 3.8) is 0 Å². The SMILES string of the molecule is O=C(Nc1ccc(S(=O)(=O)Nc2cccnc2)cc1)c1ccc([N+](=O)[O-])cc1Cl. The molecule has 0 spiro atoms. The summed E-state index contributed by atoms with van der Waals surface area (Å²) in [5.41, 5.74) is 0.455. The molecule has 0 saturated carbocycles. The van der Waals surface area contributed by atoms with Crippen LogP contribution in [0.5, 0.6) is 0 Å². The number of non-ortho nitro benzene ring substituents is 1. The average Bonchev–Trinajstić information content (AvgIpc) is 2.68. The number of nitrogens with one attached hydrogen (secondary N) is 2. The van der Waals surface area contributed by atoms with Crippen LogP contribution in [-0.4, -0.2) is 24.2 Å². The number of amides is 1. The number of hydrogen-bond acceptors (Lipinski definition) is 6. The molecule has 29 heavy (non-hydrogen) atoms. The molecule has 0 saturated heterocycles. The summed E-state index contributed by atoms with van der Waals surface area (Å²) in [4.78, 5) is 26.3. The first-order valence-corrected chi connectivity index (χ1v) is 9.90. The van der Waals surface area contributed by atoms with Crippen LogP contribution in [-0.2, 0) is 10.0 Å². The van der Waals surface area contributed by atoms with E-state index in [1.165, 1.54) is 48.8 Å². The van der Waals surface area contributed by atoms with E-state index < -0.39 is 20.9 Å².